The summed E-state index contributed by atoms with van der Waals surface area (Å²) in [7, 11) is -10.3. The molecule has 124 heavy (non-hydrogen) atoms. The number of benzene rings is 5. The first-order valence-electron chi connectivity index (χ1n) is 39.3. The van der Waals surface area contributed by atoms with Crippen molar-refractivity contribution in [2.24, 2.45) is 5.92 Å². The summed E-state index contributed by atoms with van der Waals surface area (Å²) in [5.41, 5.74) is -2.88. The van der Waals surface area contributed by atoms with E-state index in [2.05, 4.69) is 45.9 Å². The molecule has 4 aliphatic rings. The Morgan fingerprint density at radius 2 is 0.919 bits per heavy atom. The largest absolute Gasteiger partial charge is 0.497 e. The van der Waals surface area contributed by atoms with Crippen molar-refractivity contribution in [2.45, 2.75) is 133 Å². The second-order valence-corrected chi connectivity index (χ2v) is 36.1. The van der Waals surface area contributed by atoms with Crippen LogP contribution in [-0.2, 0) is 84.4 Å². The molecule has 9 heterocycles. The number of aromatic nitrogens is 10. The van der Waals surface area contributed by atoms with Crippen molar-refractivity contribution < 1.29 is 97.9 Å². The van der Waals surface area contributed by atoms with Gasteiger partial charge in [-0.05, 0) is 84.3 Å². The zero-order chi connectivity index (χ0) is 87.9. The minimum atomic E-state index is -4.51. The number of nitrogens with one attached hydrogen (secondary N) is 5. The Morgan fingerprint density at radius 1 is 0.508 bits per heavy atom. The molecule has 10 aromatic rings. The number of methoxy groups -OCH3 is 2. The summed E-state index contributed by atoms with van der Waals surface area (Å²) in [5.74, 6) is -1.92. The minimum absolute atomic E-state index is 0.00798. The monoisotopic (exact) mass is 1770 g/mol. The molecule has 5 aromatic heterocycles. The quantitative estimate of drug-likeness (QED) is 0.0142. The average Bonchev–Trinajstić information content (AvgIpc) is 0.786. The first kappa shape index (κ1) is 88.9. The molecule has 5 aromatic carbocycles. The van der Waals surface area contributed by atoms with Gasteiger partial charge in [0.2, 0.25) is 11.9 Å². The topological polar surface area (TPSA) is 473 Å². The number of ether oxygens (including phenoxy) is 8. The van der Waals surface area contributed by atoms with Crippen LogP contribution in [0, 0.1) is 12.8 Å². The summed E-state index contributed by atoms with van der Waals surface area (Å²) in [4.78, 5) is 141. The van der Waals surface area contributed by atoms with E-state index in [9.17, 15) is 47.7 Å². The zero-order valence-corrected chi connectivity index (χ0v) is 71.1. The Kier molecular flexibility index (Phi) is 27.2. The van der Waals surface area contributed by atoms with Gasteiger partial charge in [0.25, 0.3) is 22.9 Å². The van der Waals surface area contributed by atoms with Crippen molar-refractivity contribution in [3.8, 4) is 11.5 Å². The molecule has 654 valence electrons. The van der Waals surface area contributed by atoms with Crippen LogP contribution in [0.5, 0.6) is 11.5 Å². The van der Waals surface area contributed by atoms with Crippen LogP contribution in [0.3, 0.4) is 0 Å². The lowest BCUT2D eigenvalue weighted by atomic mass is 9.80. The van der Waals surface area contributed by atoms with E-state index in [1.807, 2.05) is 54.6 Å². The summed E-state index contributed by atoms with van der Waals surface area (Å²) in [5, 5.41) is 7.81. The average molecular weight is 1770 g/mol. The SMILES string of the molecule is COc1ccc(C(OC[C@H]2O[C@@H](n3ccc(NC(=O)c4ccccc4)nc3=O)C[C@@H]2O[P@](C)(=O)OC[C@H]2O[C@@H](n3ccc(NC(=O)c4ccccc4)nc3=O)C[C@@H]2O[P@](C)(=O)OC[C@H]2O[C@@H](n3cc(C)c(=O)[nH]c3=O)C[C@@H]2O[P@](C)(=O)OC[C@H]2O[C@@H](n3cnc4c(=O)[nH]c(NC(=O)C(C)C)nc43)C[C@@H]2OC(C)=O)(c2ccccc2)c2ccc(OC)cc2)cc1. The van der Waals surface area contributed by atoms with Crippen molar-refractivity contribution in [3.05, 3.63) is 262 Å². The van der Waals surface area contributed by atoms with Gasteiger partial charge in [0.1, 0.15) is 84.2 Å². The molecule has 0 spiro atoms. The number of anilines is 3. The van der Waals surface area contributed by atoms with E-state index in [1.165, 1.54) is 66.7 Å². The molecule has 4 aliphatic heterocycles. The molecular weight excluding hydrogens is 1680 g/mol. The molecule has 0 unspecified atom stereocenters. The highest BCUT2D eigenvalue weighted by Crippen LogP contribution is 2.55. The van der Waals surface area contributed by atoms with Crippen molar-refractivity contribution >= 4 is 75.2 Å². The molecule has 39 nitrogen and oxygen atoms in total. The third-order valence-corrected chi connectivity index (χ3v) is 24.7. The van der Waals surface area contributed by atoms with E-state index in [-0.39, 0.29) is 72.2 Å². The molecule has 0 bridgehead atoms. The Balaban J connectivity index is 0.723. The van der Waals surface area contributed by atoms with Crippen LogP contribution in [0.1, 0.15) is 114 Å². The standard InChI is InChI=1S/C82H90N13O26P3/c1-47(2)73(97)89-78-88-72-71(77(101)90-78)83-46-95(72)70-37-57(114-49(4)96)62(116-70)43-111-122(7,105)121-60-40-69(94-41-48(3)74(98)91-81(94)104)118-64(60)45-113-124(9,107)120-59-39-68(93-36-34-66(87-80(93)103)85-76(100)51-21-15-11-16-22-51)117-63(59)44-112-123(8,106)119-58-38-67(92-35-33-65(86-79(92)102)84-75(99)50-19-13-10-14-20-50)115-61(58)42-110-82(52-23-17-12-18-24-52,53-25-29-55(108-5)30-26-53)54-27-31-56(109-6)32-28-54/h10-36,41,46-47,57-64,67-70H,37-40,42-45H2,1-9H3,(H,91,98,104)(H,84,86,99,102)(H,85,87,100,103)(H2,88,89,90,97,101)/t57-,58-,59-,60-,61+,62+,63+,64+,67+,68+,69+,70+,122+,123+,124+/m0/s1. The van der Waals surface area contributed by atoms with Gasteiger partial charge in [-0.15, -0.1) is 0 Å². The maximum atomic E-state index is 15.4. The number of esters is 1. The number of aryl methyl sites for hydroxylation is 1. The number of H-pyrrole nitrogens is 2. The number of carbonyl (C=O) groups excluding carboxylic acids is 4. The molecule has 42 heteroatoms. The van der Waals surface area contributed by atoms with E-state index in [1.54, 1.807) is 113 Å². The summed E-state index contributed by atoms with van der Waals surface area (Å²) in [6.07, 6.45) is -10.6. The van der Waals surface area contributed by atoms with Crippen LogP contribution in [-0.4, -0.2) is 181 Å². The van der Waals surface area contributed by atoms with Gasteiger partial charge in [-0.25, -0.2) is 19.4 Å². The van der Waals surface area contributed by atoms with Crippen LogP contribution in [0.4, 0.5) is 17.6 Å². The normalized spacial score (nSPS) is 22.8. The molecule has 5 N–H and O–H groups in total. The number of hydrogen-bond acceptors (Lipinski definition) is 30. The number of nitrogens with zero attached hydrogens (tertiary/aromatic N) is 8. The molecule has 3 amide bonds. The number of hydrogen-bond donors (Lipinski definition) is 5. The molecule has 4 fully saturated rings. The fraction of sp³-hybridized carbons (Fsp3) is 0.378. The Bertz CT molecular complexity index is 5970. The van der Waals surface area contributed by atoms with Crippen molar-refractivity contribution in [1.29, 1.82) is 0 Å². The number of imidazole rings is 1. The highest BCUT2D eigenvalue weighted by atomic mass is 31.2. The van der Waals surface area contributed by atoms with Gasteiger partial charge in [-0.3, -0.25) is 76.0 Å². The number of amides is 3. The molecular formula is C82H90N13O26P3. The number of carbonyl (C=O) groups is 4. The summed E-state index contributed by atoms with van der Waals surface area (Å²) >= 11 is 0. The number of aromatic amines is 2. The third kappa shape index (κ3) is 20.8. The summed E-state index contributed by atoms with van der Waals surface area (Å²) < 4.78 is 138. The Labute approximate surface area is 706 Å². The molecule has 0 aliphatic carbocycles. The molecule has 14 rings (SSSR count). The van der Waals surface area contributed by atoms with Gasteiger partial charge in [0.15, 0.2) is 11.2 Å². The minimum Gasteiger partial charge on any atom is -0.497 e. The van der Waals surface area contributed by atoms with Crippen LogP contribution < -0.4 is 53.6 Å². The van der Waals surface area contributed by atoms with Gasteiger partial charge in [-0.1, -0.05) is 105 Å². The lowest BCUT2D eigenvalue weighted by Crippen LogP contribution is -2.38. The van der Waals surface area contributed by atoms with Crippen LogP contribution in [0.2, 0.25) is 0 Å². The summed E-state index contributed by atoms with van der Waals surface area (Å²) in [6.45, 7) is 7.09. The lowest BCUT2D eigenvalue weighted by Gasteiger charge is -2.37. The summed E-state index contributed by atoms with van der Waals surface area (Å²) in [6, 6.07) is 43.1. The van der Waals surface area contributed by atoms with E-state index in [4.69, 9.17) is 65.0 Å². The van der Waals surface area contributed by atoms with Crippen molar-refractivity contribution in [3.63, 3.8) is 0 Å². The molecule has 0 radical (unpaired) electrons. The smallest absolute Gasteiger partial charge is 0.351 e. The highest BCUT2D eigenvalue weighted by molar-refractivity contribution is 7.53. The van der Waals surface area contributed by atoms with Gasteiger partial charge in [0, 0.05) is 93.8 Å². The lowest BCUT2D eigenvalue weighted by molar-refractivity contribution is -0.150. The predicted octanol–water partition coefficient (Wildman–Crippen LogP) is 9.37. The van der Waals surface area contributed by atoms with E-state index in [0.717, 1.165) is 22.5 Å². The van der Waals surface area contributed by atoms with Crippen LogP contribution in [0.15, 0.2) is 201 Å². The maximum absolute atomic E-state index is 15.4. The van der Waals surface area contributed by atoms with Crippen molar-refractivity contribution in [1.82, 2.24) is 48.2 Å². The maximum Gasteiger partial charge on any atom is 0.351 e. The zero-order valence-electron chi connectivity index (χ0n) is 68.4. The van der Waals surface area contributed by atoms with Gasteiger partial charge in [-0.2, -0.15) is 15.0 Å². The number of rotatable bonds is 34. The first-order chi connectivity index (χ1) is 59.3. The highest BCUT2D eigenvalue weighted by Gasteiger charge is 2.49. The Hall–Kier alpha value is -11.4. The third-order valence-electron chi connectivity index (χ3n) is 20.9. The molecule has 15 atom stereocenters. The van der Waals surface area contributed by atoms with E-state index in [0.29, 0.717) is 33.8 Å². The van der Waals surface area contributed by atoms with E-state index >= 15 is 9.13 Å². The predicted molar refractivity (Wildman–Crippen MR) is 444 cm³/mol. The molecule has 4 saturated heterocycles. The second kappa shape index (κ2) is 38.0. The Morgan fingerprint density at radius 3 is 1.35 bits per heavy atom. The van der Waals surface area contributed by atoms with Crippen LogP contribution in [0.25, 0.3) is 11.2 Å². The van der Waals surface area contributed by atoms with Gasteiger partial charge < -0.3 is 75.7 Å². The fourth-order valence-corrected chi connectivity index (χ4v) is 18.3. The van der Waals surface area contributed by atoms with Crippen molar-refractivity contribution in [2.75, 3.05) is 76.6 Å². The van der Waals surface area contributed by atoms with Gasteiger partial charge >= 0.3 is 45.8 Å². The fourth-order valence-electron chi connectivity index (χ4n) is 14.7. The second-order valence-electron chi connectivity index (χ2n) is 30.1. The first-order valence-corrected chi connectivity index (χ1v) is 45.3. The molecule has 0 saturated carbocycles. The van der Waals surface area contributed by atoms with Crippen LogP contribution >= 0.6 is 22.8 Å². The number of fused-ring (bicyclic) bond motifs is 1. The van der Waals surface area contributed by atoms with Gasteiger partial charge in [0.05, 0.1) is 65.3 Å². The van der Waals surface area contributed by atoms with E-state index < -0.39 is 180 Å².